The predicted molar refractivity (Wildman–Crippen MR) is 152 cm³/mol. The molecule has 2 aliphatic heterocycles. The number of hydrogen-bond acceptors (Lipinski definition) is 6. The number of benzene rings is 2. The number of halogens is 3. The van der Waals surface area contributed by atoms with Crippen molar-refractivity contribution in [2.45, 2.75) is 32.0 Å². The van der Waals surface area contributed by atoms with Gasteiger partial charge in [-0.1, -0.05) is 35.3 Å². The van der Waals surface area contributed by atoms with Crippen LogP contribution < -0.4 is 15.5 Å². The van der Waals surface area contributed by atoms with Gasteiger partial charge in [0.05, 0.1) is 13.2 Å². The Balaban J connectivity index is 1.47. The molecule has 2 unspecified atom stereocenters. The normalized spacial score (nSPS) is 17.9. The van der Waals surface area contributed by atoms with Crippen molar-refractivity contribution in [1.29, 1.82) is 0 Å². The fourth-order valence-electron chi connectivity index (χ4n) is 5.13. The van der Waals surface area contributed by atoms with E-state index in [1.165, 1.54) is 6.07 Å². The fourth-order valence-corrected chi connectivity index (χ4v) is 5.62. The molecule has 4 rings (SSSR count). The molecule has 39 heavy (non-hydrogen) atoms. The Bertz CT molecular complexity index is 1160. The van der Waals surface area contributed by atoms with Gasteiger partial charge >= 0.3 is 0 Å². The lowest BCUT2D eigenvalue weighted by Crippen LogP contribution is -2.60. The maximum absolute atomic E-state index is 14.2. The summed E-state index contributed by atoms with van der Waals surface area (Å²) in [6.45, 7) is 6.50. The van der Waals surface area contributed by atoms with Crippen molar-refractivity contribution in [3.8, 4) is 0 Å². The minimum absolute atomic E-state index is 0.106. The van der Waals surface area contributed by atoms with Crippen molar-refractivity contribution in [2.75, 3.05) is 64.4 Å². The molecule has 212 valence electrons. The SMILES string of the molecule is COCC(C)NCc1ccc(F)cc1N1CCN(C(=O)C(Cc2ccc(Cl)cc2Cl)N2CCNCC2=O)CC1. The lowest BCUT2D eigenvalue weighted by Gasteiger charge is -2.41. The van der Waals surface area contributed by atoms with Gasteiger partial charge < -0.3 is 30.1 Å². The molecule has 2 aliphatic rings. The second-order valence-electron chi connectivity index (χ2n) is 10.0. The Morgan fingerprint density at radius 1 is 1.10 bits per heavy atom. The zero-order valence-corrected chi connectivity index (χ0v) is 23.9. The van der Waals surface area contributed by atoms with Crippen LogP contribution in [-0.4, -0.2) is 93.2 Å². The first-order valence-electron chi connectivity index (χ1n) is 13.3. The minimum atomic E-state index is -0.666. The standard InChI is InChI=1S/C28H36Cl2FN5O3/c1-19(18-39-2)33-16-21-4-6-23(31)15-25(21)34-9-11-35(12-10-34)28(38)26(36-8-7-32-17-27(36)37)13-20-3-5-22(29)14-24(20)30/h3-6,14-15,19,26,32-33H,7-13,16-18H2,1-2H3. The summed E-state index contributed by atoms with van der Waals surface area (Å²) in [5.74, 6) is -0.511. The Morgan fingerprint density at radius 2 is 1.85 bits per heavy atom. The number of anilines is 1. The van der Waals surface area contributed by atoms with E-state index in [-0.39, 0.29) is 30.2 Å². The van der Waals surface area contributed by atoms with Crippen LogP contribution in [0.25, 0.3) is 0 Å². The monoisotopic (exact) mass is 579 g/mol. The third kappa shape index (κ3) is 7.61. The third-order valence-corrected chi connectivity index (χ3v) is 7.84. The molecular weight excluding hydrogens is 544 g/mol. The lowest BCUT2D eigenvalue weighted by atomic mass is 10.0. The third-order valence-electron chi connectivity index (χ3n) is 7.25. The molecule has 2 heterocycles. The summed E-state index contributed by atoms with van der Waals surface area (Å²) in [4.78, 5) is 32.2. The van der Waals surface area contributed by atoms with Gasteiger partial charge in [0.2, 0.25) is 11.8 Å². The van der Waals surface area contributed by atoms with E-state index in [9.17, 15) is 14.0 Å². The molecule has 2 saturated heterocycles. The highest BCUT2D eigenvalue weighted by atomic mass is 35.5. The van der Waals surface area contributed by atoms with Crippen molar-refractivity contribution < 1.29 is 18.7 Å². The first-order valence-corrected chi connectivity index (χ1v) is 14.0. The molecule has 8 nitrogen and oxygen atoms in total. The largest absolute Gasteiger partial charge is 0.383 e. The average Bonchev–Trinajstić information content (AvgIpc) is 2.92. The van der Waals surface area contributed by atoms with E-state index in [4.69, 9.17) is 27.9 Å². The Hall–Kier alpha value is -2.43. The number of nitrogens with zero attached hydrogens (tertiary/aromatic N) is 3. The van der Waals surface area contributed by atoms with Gasteiger partial charge in [-0.05, 0) is 42.3 Å². The number of hydrogen-bond donors (Lipinski definition) is 2. The number of carbonyl (C=O) groups excluding carboxylic acids is 2. The van der Waals surface area contributed by atoms with Crippen molar-refractivity contribution in [3.05, 3.63) is 63.4 Å². The van der Waals surface area contributed by atoms with Crippen molar-refractivity contribution in [3.63, 3.8) is 0 Å². The van der Waals surface area contributed by atoms with E-state index in [2.05, 4.69) is 15.5 Å². The zero-order chi connectivity index (χ0) is 27.9. The number of amides is 2. The number of ether oxygens (including phenoxy) is 1. The maximum Gasteiger partial charge on any atom is 0.245 e. The molecule has 0 saturated carbocycles. The first-order chi connectivity index (χ1) is 18.8. The van der Waals surface area contributed by atoms with Gasteiger partial charge in [0, 0.05) is 81.1 Å². The van der Waals surface area contributed by atoms with E-state index in [0.29, 0.717) is 68.9 Å². The van der Waals surface area contributed by atoms with E-state index >= 15 is 0 Å². The Morgan fingerprint density at radius 3 is 2.54 bits per heavy atom. The molecule has 0 bridgehead atoms. The summed E-state index contributed by atoms with van der Waals surface area (Å²) in [6, 6.07) is 9.52. The van der Waals surface area contributed by atoms with Crippen LogP contribution in [0.5, 0.6) is 0 Å². The minimum Gasteiger partial charge on any atom is -0.383 e. The summed E-state index contributed by atoms with van der Waals surface area (Å²) in [5.41, 5.74) is 2.57. The van der Waals surface area contributed by atoms with Crippen LogP contribution >= 0.6 is 23.2 Å². The average molecular weight is 581 g/mol. The molecule has 2 fully saturated rings. The maximum atomic E-state index is 14.2. The first kappa shape index (κ1) is 29.6. The summed E-state index contributed by atoms with van der Waals surface area (Å²) in [7, 11) is 1.66. The highest BCUT2D eigenvalue weighted by Crippen LogP contribution is 2.26. The van der Waals surface area contributed by atoms with E-state index in [1.54, 1.807) is 41.2 Å². The quantitative estimate of drug-likeness (QED) is 0.450. The molecule has 0 aromatic heterocycles. The highest BCUT2D eigenvalue weighted by Gasteiger charge is 2.36. The molecule has 2 N–H and O–H groups in total. The van der Waals surface area contributed by atoms with Crippen LogP contribution in [0.1, 0.15) is 18.1 Å². The molecule has 2 amide bonds. The van der Waals surface area contributed by atoms with Crippen LogP contribution in [0.4, 0.5) is 10.1 Å². The van der Waals surface area contributed by atoms with Gasteiger partial charge in [-0.15, -0.1) is 0 Å². The predicted octanol–water partition coefficient (Wildman–Crippen LogP) is 2.95. The second-order valence-corrected chi connectivity index (χ2v) is 10.9. The van der Waals surface area contributed by atoms with E-state index in [1.807, 2.05) is 13.0 Å². The number of methoxy groups -OCH3 is 1. The van der Waals surface area contributed by atoms with E-state index in [0.717, 1.165) is 16.8 Å². The summed E-state index contributed by atoms with van der Waals surface area (Å²) >= 11 is 12.5. The van der Waals surface area contributed by atoms with Crippen molar-refractivity contribution in [2.24, 2.45) is 0 Å². The van der Waals surface area contributed by atoms with Crippen molar-refractivity contribution in [1.82, 2.24) is 20.4 Å². The summed E-state index contributed by atoms with van der Waals surface area (Å²) in [6.07, 6.45) is 0.306. The summed E-state index contributed by atoms with van der Waals surface area (Å²) in [5, 5.41) is 7.47. The van der Waals surface area contributed by atoms with Gasteiger partial charge in [-0.25, -0.2) is 4.39 Å². The van der Waals surface area contributed by atoms with Gasteiger partial charge in [0.15, 0.2) is 0 Å². The highest BCUT2D eigenvalue weighted by molar-refractivity contribution is 6.35. The Kier molecular flexibility index (Phi) is 10.4. The molecule has 2 aromatic carbocycles. The molecule has 11 heteroatoms. The van der Waals surface area contributed by atoms with Crippen LogP contribution in [0.3, 0.4) is 0 Å². The van der Waals surface area contributed by atoms with Gasteiger partial charge in [0.25, 0.3) is 0 Å². The van der Waals surface area contributed by atoms with Gasteiger partial charge in [0.1, 0.15) is 11.9 Å². The van der Waals surface area contributed by atoms with Crippen LogP contribution in [-0.2, 0) is 27.3 Å². The smallest absolute Gasteiger partial charge is 0.245 e. The van der Waals surface area contributed by atoms with Gasteiger partial charge in [-0.3, -0.25) is 9.59 Å². The summed E-state index contributed by atoms with van der Waals surface area (Å²) < 4.78 is 19.4. The van der Waals surface area contributed by atoms with Crippen LogP contribution in [0.15, 0.2) is 36.4 Å². The number of piperazine rings is 2. The molecule has 0 spiro atoms. The van der Waals surface area contributed by atoms with E-state index < -0.39 is 6.04 Å². The molecule has 2 aromatic rings. The second kappa shape index (κ2) is 13.8. The fraction of sp³-hybridized carbons (Fsp3) is 0.500. The molecular formula is C28H36Cl2FN5O3. The van der Waals surface area contributed by atoms with Crippen molar-refractivity contribution >= 4 is 40.7 Å². The van der Waals surface area contributed by atoms with Crippen LogP contribution in [0, 0.1) is 5.82 Å². The van der Waals surface area contributed by atoms with Crippen LogP contribution in [0.2, 0.25) is 10.0 Å². The number of nitrogens with one attached hydrogen (secondary N) is 2. The molecule has 2 atom stereocenters. The zero-order valence-electron chi connectivity index (χ0n) is 22.4. The number of rotatable bonds is 10. The van der Waals surface area contributed by atoms with Gasteiger partial charge in [-0.2, -0.15) is 0 Å². The molecule has 0 aliphatic carbocycles. The number of carbonyl (C=O) groups is 2. The lowest BCUT2D eigenvalue weighted by molar-refractivity contribution is -0.146. The molecule has 0 radical (unpaired) electrons. The topological polar surface area (TPSA) is 77.2 Å². The Labute approximate surface area is 239 Å².